The van der Waals surface area contributed by atoms with Gasteiger partial charge in [-0.3, -0.25) is 4.79 Å². The molecule has 1 aromatic rings. The molecule has 1 saturated heterocycles. The molecular formula is C12H12BrF2NO. The Morgan fingerprint density at radius 2 is 2.18 bits per heavy atom. The zero-order valence-electron chi connectivity index (χ0n) is 9.34. The Balaban J connectivity index is 2.34. The molecule has 1 fully saturated rings. The van der Waals surface area contributed by atoms with Crippen molar-refractivity contribution in [3.63, 3.8) is 0 Å². The maximum atomic E-state index is 13.8. The van der Waals surface area contributed by atoms with Crippen molar-refractivity contribution in [2.75, 3.05) is 13.1 Å². The highest BCUT2D eigenvalue weighted by Crippen LogP contribution is 2.23. The second kappa shape index (κ2) is 4.72. The van der Waals surface area contributed by atoms with Gasteiger partial charge < -0.3 is 4.90 Å². The van der Waals surface area contributed by atoms with Gasteiger partial charge in [0, 0.05) is 17.9 Å². The number of halogens is 3. The van der Waals surface area contributed by atoms with Crippen molar-refractivity contribution in [3.05, 3.63) is 34.9 Å². The summed E-state index contributed by atoms with van der Waals surface area (Å²) in [5.41, 5.74) is -0.157. The Hall–Kier alpha value is -0.970. The number of rotatable bonds is 1. The fourth-order valence-electron chi connectivity index (χ4n) is 1.91. The van der Waals surface area contributed by atoms with Gasteiger partial charge in [-0.1, -0.05) is 22.0 Å². The smallest absolute Gasteiger partial charge is 0.259 e. The van der Waals surface area contributed by atoms with Crippen LogP contribution in [0.1, 0.15) is 22.3 Å². The maximum Gasteiger partial charge on any atom is 0.259 e. The molecule has 17 heavy (non-hydrogen) atoms. The lowest BCUT2D eigenvalue weighted by atomic mass is 10.1. The molecule has 1 aliphatic heterocycles. The minimum absolute atomic E-state index is 0.211. The third kappa shape index (κ3) is 2.34. The SMILES string of the molecule is Cc1ccc(F)c(C(=O)N2CCC(Br)C2)c1F. The van der Waals surface area contributed by atoms with Crippen molar-refractivity contribution in [1.29, 1.82) is 0 Å². The topological polar surface area (TPSA) is 20.3 Å². The first-order valence-electron chi connectivity index (χ1n) is 5.38. The highest BCUT2D eigenvalue weighted by atomic mass is 79.9. The van der Waals surface area contributed by atoms with Gasteiger partial charge in [-0.05, 0) is 25.0 Å². The molecule has 1 atom stereocenters. The summed E-state index contributed by atoms with van der Waals surface area (Å²) in [7, 11) is 0. The molecule has 0 N–H and O–H groups in total. The van der Waals surface area contributed by atoms with E-state index in [1.54, 1.807) is 0 Å². The Morgan fingerprint density at radius 1 is 1.47 bits per heavy atom. The average Bonchev–Trinajstić information content (AvgIpc) is 2.71. The summed E-state index contributed by atoms with van der Waals surface area (Å²) in [6, 6.07) is 2.46. The molecule has 0 aliphatic carbocycles. The Morgan fingerprint density at radius 3 is 2.76 bits per heavy atom. The summed E-state index contributed by atoms with van der Waals surface area (Å²) >= 11 is 3.39. The molecular weight excluding hydrogens is 292 g/mol. The van der Waals surface area contributed by atoms with Crippen LogP contribution in [0.2, 0.25) is 0 Å². The lowest BCUT2D eigenvalue weighted by Gasteiger charge is -2.17. The molecule has 1 unspecified atom stereocenters. The van der Waals surface area contributed by atoms with Gasteiger partial charge in [-0.2, -0.15) is 0 Å². The lowest BCUT2D eigenvalue weighted by Crippen LogP contribution is -2.30. The molecule has 0 bridgehead atoms. The fourth-order valence-corrected chi connectivity index (χ4v) is 2.47. The highest BCUT2D eigenvalue weighted by molar-refractivity contribution is 9.09. The Labute approximate surface area is 107 Å². The van der Waals surface area contributed by atoms with E-state index in [9.17, 15) is 13.6 Å². The number of hydrogen-bond donors (Lipinski definition) is 0. The largest absolute Gasteiger partial charge is 0.337 e. The third-order valence-electron chi connectivity index (χ3n) is 2.92. The number of carbonyl (C=O) groups is 1. The van der Waals surface area contributed by atoms with Crippen molar-refractivity contribution >= 4 is 21.8 Å². The summed E-state index contributed by atoms with van der Waals surface area (Å²) in [5.74, 6) is -2.12. The van der Waals surface area contributed by atoms with Gasteiger partial charge in [0.15, 0.2) is 0 Å². The number of carbonyl (C=O) groups excluding carboxylic acids is 1. The van der Waals surface area contributed by atoms with Crippen molar-refractivity contribution < 1.29 is 13.6 Å². The molecule has 0 radical (unpaired) electrons. The van der Waals surface area contributed by atoms with Crippen LogP contribution in [-0.4, -0.2) is 28.7 Å². The molecule has 0 aromatic heterocycles. The van der Waals surface area contributed by atoms with Gasteiger partial charge in [-0.25, -0.2) is 8.78 Å². The standard InChI is InChI=1S/C12H12BrF2NO/c1-7-2-3-9(14)10(11(7)15)12(17)16-5-4-8(13)6-16/h2-3,8H,4-6H2,1H3. The zero-order chi connectivity index (χ0) is 12.6. The van der Waals surface area contributed by atoms with Crippen LogP contribution >= 0.6 is 15.9 Å². The van der Waals surface area contributed by atoms with Gasteiger partial charge in [0.25, 0.3) is 5.91 Å². The molecule has 2 nitrogen and oxygen atoms in total. The van der Waals surface area contributed by atoms with Crippen molar-refractivity contribution in [2.24, 2.45) is 0 Å². The van der Waals surface area contributed by atoms with E-state index in [0.29, 0.717) is 13.1 Å². The summed E-state index contributed by atoms with van der Waals surface area (Å²) in [5, 5.41) is 0. The summed E-state index contributed by atoms with van der Waals surface area (Å²) in [4.78, 5) is 13.7. The number of amides is 1. The van der Waals surface area contributed by atoms with Crippen LogP contribution in [0.3, 0.4) is 0 Å². The number of alkyl halides is 1. The Bertz CT molecular complexity index is 464. The molecule has 0 saturated carbocycles. The van der Waals surface area contributed by atoms with Crippen molar-refractivity contribution in [3.8, 4) is 0 Å². The fraction of sp³-hybridized carbons (Fsp3) is 0.417. The van der Waals surface area contributed by atoms with E-state index in [2.05, 4.69) is 15.9 Å². The van der Waals surface area contributed by atoms with Gasteiger partial charge in [-0.15, -0.1) is 0 Å². The van der Waals surface area contributed by atoms with Crippen molar-refractivity contribution in [2.45, 2.75) is 18.2 Å². The third-order valence-corrected chi connectivity index (χ3v) is 3.66. The summed E-state index contributed by atoms with van der Waals surface area (Å²) in [6.45, 7) is 2.54. The van der Waals surface area contributed by atoms with Crippen LogP contribution in [0.5, 0.6) is 0 Å². The molecule has 1 amide bonds. The second-order valence-electron chi connectivity index (χ2n) is 4.19. The minimum atomic E-state index is -0.795. The predicted molar refractivity (Wildman–Crippen MR) is 64.3 cm³/mol. The van der Waals surface area contributed by atoms with Gasteiger partial charge >= 0.3 is 0 Å². The first-order chi connectivity index (χ1) is 8.00. The van der Waals surface area contributed by atoms with E-state index in [-0.39, 0.29) is 10.4 Å². The quantitative estimate of drug-likeness (QED) is 0.731. The number of benzene rings is 1. The van der Waals surface area contributed by atoms with E-state index < -0.39 is 23.1 Å². The number of nitrogens with zero attached hydrogens (tertiary/aromatic N) is 1. The van der Waals surface area contributed by atoms with Crippen LogP contribution in [0, 0.1) is 18.6 Å². The van der Waals surface area contributed by atoms with Crippen molar-refractivity contribution in [1.82, 2.24) is 4.90 Å². The number of hydrogen-bond acceptors (Lipinski definition) is 1. The van der Waals surface area contributed by atoms with E-state index >= 15 is 0 Å². The van der Waals surface area contributed by atoms with Crippen LogP contribution in [0.25, 0.3) is 0 Å². The number of likely N-dealkylation sites (tertiary alicyclic amines) is 1. The first kappa shape index (κ1) is 12.5. The van der Waals surface area contributed by atoms with Crippen LogP contribution in [-0.2, 0) is 0 Å². The molecule has 2 rings (SSSR count). The highest BCUT2D eigenvalue weighted by Gasteiger charge is 2.29. The molecule has 1 aliphatic rings. The Kier molecular flexibility index (Phi) is 3.47. The first-order valence-corrected chi connectivity index (χ1v) is 6.30. The maximum absolute atomic E-state index is 13.8. The lowest BCUT2D eigenvalue weighted by molar-refractivity contribution is 0.0783. The molecule has 92 valence electrons. The zero-order valence-corrected chi connectivity index (χ0v) is 10.9. The van der Waals surface area contributed by atoms with Gasteiger partial charge in [0.05, 0.1) is 0 Å². The normalized spacial score (nSPS) is 19.8. The predicted octanol–water partition coefficient (Wildman–Crippen LogP) is 2.88. The average molecular weight is 304 g/mol. The van der Waals surface area contributed by atoms with Gasteiger partial charge in [0.2, 0.25) is 0 Å². The second-order valence-corrected chi connectivity index (χ2v) is 5.49. The minimum Gasteiger partial charge on any atom is -0.337 e. The van der Waals surface area contributed by atoms with Crippen LogP contribution < -0.4 is 0 Å². The molecule has 5 heteroatoms. The van der Waals surface area contributed by atoms with Crippen LogP contribution in [0.15, 0.2) is 12.1 Å². The number of aryl methyl sites for hydroxylation is 1. The summed E-state index contributed by atoms with van der Waals surface area (Å²) in [6.07, 6.45) is 0.806. The van der Waals surface area contributed by atoms with E-state index in [4.69, 9.17) is 0 Å². The molecule has 1 heterocycles. The monoisotopic (exact) mass is 303 g/mol. The van der Waals surface area contributed by atoms with Gasteiger partial charge in [0.1, 0.15) is 17.2 Å². The van der Waals surface area contributed by atoms with E-state index in [1.165, 1.54) is 17.9 Å². The van der Waals surface area contributed by atoms with E-state index in [0.717, 1.165) is 12.5 Å². The molecule has 1 aromatic carbocycles. The summed E-state index contributed by atoms with van der Waals surface area (Å²) < 4.78 is 27.3. The van der Waals surface area contributed by atoms with Crippen LogP contribution in [0.4, 0.5) is 8.78 Å². The molecule has 0 spiro atoms. The van der Waals surface area contributed by atoms with E-state index in [1.807, 2.05) is 0 Å².